The third kappa shape index (κ3) is 1.59. The van der Waals surface area contributed by atoms with Crippen LogP contribution in [0.2, 0.25) is 0 Å². The Balaban J connectivity index is 2.26. The molecule has 0 fully saturated rings. The molecule has 6 nitrogen and oxygen atoms in total. The van der Waals surface area contributed by atoms with Crippen molar-refractivity contribution in [3.8, 4) is 5.00 Å². The number of hydrogen-bond donors (Lipinski definition) is 2. The molecule has 0 saturated carbocycles. The summed E-state index contributed by atoms with van der Waals surface area (Å²) in [4.78, 5) is 24.1. The van der Waals surface area contributed by atoms with Crippen LogP contribution in [0.15, 0.2) is 11.1 Å². The molecular weight excluding hydrogens is 254 g/mol. The van der Waals surface area contributed by atoms with Crippen molar-refractivity contribution in [2.45, 2.75) is 25.7 Å². The number of thiophene rings is 1. The Labute approximate surface area is 106 Å². The molecule has 94 valence electrons. The van der Waals surface area contributed by atoms with Crippen molar-refractivity contribution in [2.24, 2.45) is 0 Å². The van der Waals surface area contributed by atoms with Crippen molar-refractivity contribution in [1.29, 1.82) is 0 Å². The molecule has 18 heavy (non-hydrogen) atoms. The third-order valence-electron chi connectivity index (χ3n) is 3.14. The Morgan fingerprint density at radius 3 is 2.89 bits per heavy atom. The van der Waals surface area contributed by atoms with Crippen molar-refractivity contribution < 1.29 is 9.90 Å². The Morgan fingerprint density at radius 1 is 1.44 bits per heavy atom. The molecule has 2 aromatic heterocycles. The van der Waals surface area contributed by atoms with Crippen LogP contribution < -0.4 is 5.69 Å². The zero-order chi connectivity index (χ0) is 12.7. The van der Waals surface area contributed by atoms with E-state index in [0.29, 0.717) is 5.00 Å². The summed E-state index contributed by atoms with van der Waals surface area (Å²) >= 11 is 1.38. The monoisotopic (exact) mass is 265 g/mol. The van der Waals surface area contributed by atoms with Crippen LogP contribution in [0.25, 0.3) is 5.00 Å². The minimum absolute atomic E-state index is 0.262. The number of hydrogen-bond acceptors (Lipinski definition) is 4. The predicted octanol–water partition coefficient (Wildman–Crippen LogP) is 1.20. The SMILES string of the molecule is O=C(O)c1c(-n2cn[nH]c2=O)sc2c1CCCC2. The van der Waals surface area contributed by atoms with E-state index in [0.717, 1.165) is 36.1 Å². The number of rotatable bonds is 2. The first-order valence-electron chi connectivity index (χ1n) is 5.68. The molecular formula is C11H11N3O3S. The fraction of sp³-hybridized carbons (Fsp3) is 0.364. The molecule has 0 spiro atoms. The van der Waals surface area contributed by atoms with Gasteiger partial charge in [-0.05, 0) is 31.2 Å². The molecule has 0 bridgehead atoms. The van der Waals surface area contributed by atoms with Crippen LogP contribution in [-0.4, -0.2) is 25.8 Å². The maximum Gasteiger partial charge on any atom is 0.348 e. The van der Waals surface area contributed by atoms with Crippen molar-refractivity contribution >= 4 is 17.3 Å². The lowest BCUT2D eigenvalue weighted by molar-refractivity contribution is 0.0696. The standard InChI is InChI=1S/C11H11N3O3S/c15-10(16)8-6-3-1-2-4-7(6)18-9(8)14-5-12-13-11(14)17/h5H,1-4H2,(H,13,17)(H,15,16). The Hall–Kier alpha value is -1.89. The van der Waals surface area contributed by atoms with E-state index in [2.05, 4.69) is 10.2 Å². The lowest BCUT2D eigenvalue weighted by Crippen LogP contribution is -2.16. The molecule has 0 saturated heterocycles. The Morgan fingerprint density at radius 2 is 2.22 bits per heavy atom. The lowest BCUT2D eigenvalue weighted by Gasteiger charge is -2.10. The van der Waals surface area contributed by atoms with E-state index >= 15 is 0 Å². The lowest BCUT2D eigenvalue weighted by atomic mass is 9.95. The largest absolute Gasteiger partial charge is 0.478 e. The summed E-state index contributed by atoms with van der Waals surface area (Å²) < 4.78 is 1.27. The number of H-pyrrole nitrogens is 1. The normalized spacial score (nSPS) is 14.4. The Bertz CT molecular complexity index is 667. The highest BCUT2D eigenvalue weighted by Crippen LogP contribution is 2.36. The highest BCUT2D eigenvalue weighted by atomic mass is 32.1. The smallest absolute Gasteiger partial charge is 0.348 e. The van der Waals surface area contributed by atoms with Gasteiger partial charge in [-0.15, -0.1) is 11.3 Å². The molecule has 2 N–H and O–H groups in total. The second-order valence-electron chi connectivity index (χ2n) is 4.23. The Kier molecular flexibility index (Phi) is 2.55. The van der Waals surface area contributed by atoms with Gasteiger partial charge in [0, 0.05) is 4.88 Å². The summed E-state index contributed by atoms with van der Waals surface area (Å²) in [7, 11) is 0. The molecule has 0 unspecified atom stereocenters. The highest BCUT2D eigenvalue weighted by molar-refractivity contribution is 7.15. The minimum Gasteiger partial charge on any atom is -0.478 e. The summed E-state index contributed by atoms with van der Waals surface area (Å²) in [5, 5.41) is 15.8. The van der Waals surface area contributed by atoms with E-state index in [9.17, 15) is 14.7 Å². The van der Waals surface area contributed by atoms with Crippen LogP contribution >= 0.6 is 11.3 Å². The first-order valence-corrected chi connectivity index (χ1v) is 6.50. The average Bonchev–Trinajstić information content (AvgIpc) is 2.91. The molecule has 0 aromatic carbocycles. The summed E-state index contributed by atoms with van der Waals surface area (Å²) in [6.45, 7) is 0. The van der Waals surface area contributed by atoms with Crippen LogP contribution in [0.4, 0.5) is 0 Å². The van der Waals surface area contributed by atoms with Gasteiger partial charge >= 0.3 is 11.7 Å². The second kappa shape index (κ2) is 4.09. The molecule has 1 aliphatic carbocycles. The average molecular weight is 265 g/mol. The van der Waals surface area contributed by atoms with Gasteiger partial charge < -0.3 is 5.11 Å². The van der Waals surface area contributed by atoms with Gasteiger partial charge in [0.2, 0.25) is 0 Å². The molecule has 0 atom stereocenters. The van der Waals surface area contributed by atoms with Crippen LogP contribution in [0.3, 0.4) is 0 Å². The maximum absolute atomic E-state index is 11.6. The van der Waals surface area contributed by atoms with E-state index in [4.69, 9.17) is 0 Å². The number of aromatic amines is 1. The van der Waals surface area contributed by atoms with Gasteiger partial charge in [-0.1, -0.05) is 0 Å². The molecule has 2 heterocycles. The zero-order valence-corrected chi connectivity index (χ0v) is 10.3. The number of carbonyl (C=O) groups is 1. The van der Waals surface area contributed by atoms with E-state index in [1.54, 1.807) is 0 Å². The van der Waals surface area contributed by atoms with Gasteiger partial charge in [0.05, 0.1) is 5.56 Å². The van der Waals surface area contributed by atoms with E-state index < -0.39 is 11.7 Å². The second-order valence-corrected chi connectivity index (χ2v) is 5.31. The molecule has 0 radical (unpaired) electrons. The van der Waals surface area contributed by atoms with Gasteiger partial charge in [-0.2, -0.15) is 5.10 Å². The van der Waals surface area contributed by atoms with Crippen LogP contribution in [0.5, 0.6) is 0 Å². The van der Waals surface area contributed by atoms with E-state index in [-0.39, 0.29) is 5.56 Å². The number of aromatic nitrogens is 3. The molecule has 0 amide bonds. The molecule has 3 rings (SSSR count). The first kappa shape index (κ1) is 11.2. The number of aryl methyl sites for hydroxylation is 1. The zero-order valence-electron chi connectivity index (χ0n) is 9.47. The fourth-order valence-electron chi connectivity index (χ4n) is 2.33. The summed E-state index contributed by atoms with van der Waals surface area (Å²) in [6, 6.07) is 0. The summed E-state index contributed by atoms with van der Waals surface area (Å²) in [6.07, 6.45) is 5.08. The number of carboxylic acid groups (broad SMARTS) is 1. The topological polar surface area (TPSA) is 88.0 Å². The quantitative estimate of drug-likeness (QED) is 0.854. The third-order valence-corrected chi connectivity index (χ3v) is 4.43. The number of carboxylic acids is 1. The van der Waals surface area contributed by atoms with Crippen LogP contribution in [0, 0.1) is 0 Å². The number of fused-ring (bicyclic) bond motifs is 1. The van der Waals surface area contributed by atoms with Gasteiger partial charge in [0.25, 0.3) is 0 Å². The maximum atomic E-state index is 11.6. The van der Waals surface area contributed by atoms with Crippen molar-refractivity contribution in [3.05, 3.63) is 32.8 Å². The summed E-state index contributed by atoms with van der Waals surface area (Å²) in [5.74, 6) is -0.975. The highest BCUT2D eigenvalue weighted by Gasteiger charge is 2.26. The number of nitrogens with one attached hydrogen (secondary N) is 1. The van der Waals surface area contributed by atoms with Gasteiger partial charge in [0.15, 0.2) is 0 Å². The van der Waals surface area contributed by atoms with Crippen LogP contribution in [0.1, 0.15) is 33.6 Å². The fourth-order valence-corrected chi connectivity index (χ4v) is 3.68. The number of aromatic carboxylic acids is 1. The van der Waals surface area contributed by atoms with Crippen molar-refractivity contribution in [2.75, 3.05) is 0 Å². The van der Waals surface area contributed by atoms with Crippen LogP contribution in [-0.2, 0) is 12.8 Å². The predicted molar refractivity (Wildman–Crippen MR) is 65.7 cm³/mol. The van der Waals surface area contributed by atoms with Crippen molar-refractivity contribution in [1.82, 2.24) is 14.8 Å². The first-order chi connectivity index (χ1) is 8.68. The van der Waals surface area contributed by atoms with E-state index in [1.165, 1.54) is 22.2 Å². The summed E-state index contributed by atoms with van der Waals surface area (Å²) in [5.41, 5.74) is 0.746. The van der Waals surface area contributed by atoms with E-state index in [1.807, 2.05) is 0 Å². The van der Waals surface area contributed by atoms with Gasteiger partial charge in [-0.3, -0.25) is 0 Å². The molecule has 0 aliphatic heterocycles. The molecule has 1 aliphatic rings. The molecule has 7 heteroatoms. The number of nitrogens with zero attached hydrogens (tertiary/aromatic N) is 2. The van der Waals surface area contributed by atoms with Gasteiger partial charge in [0.1, 0.15) is 11.3 Å². The van der Waals surface area contributed by atoms with Gasteiger partial charge in [-0.25, -0.2) is 19.3 Å². The minimum atomic E-state index is -0.975. The van der Waals surface area contributed by atoms with Crippen molar-refractivity contribution in [3.63, 3.8) is 0 Å². The molecule has 2 aromatic rings.